The number of rotatable bonds is 5. The molecule has 0 spiro atoms. The molecule has 0 fully saturated rings. The molecule has 0 aliphatic carbocycles. The fourth-order valence-corrected chi connectivity index (χ4v) is 2.98. The molecule has 1 aromatic heterocycles. The highest BCUT2D eigenvalue weighted by atomic mass is 79.9. The highest BCUT2D eigenvalue weighted by Crippen LogP contribution is 2.24. The van der Waals surface area contributed by atoms with Gasteiger partial charge in [-0.2, -0.15) is 0 Å². The summed E-state index contributed by atoms with van der Waals surface area (Å²) < 4.78 is 13.7. The average molecular weight is 330 g/mol. The molecule has 96 valence electrons. The zero-order chi connectivity index (χ0) is 13.0. The van der Waals surface area contributed by atoms with Crippen molar-refractivity contribution in [2.24, 2.45) is 0 Å². The van der Waals surface area contributed by atoms with E-state index in [1.165, 1.54) is 17.0 Å². The Morgan fingerprint density at radius 1 is 1.39 bits per heavy atom. The number of benzene rings is 1. The molecule has 2 rings (SSSR count). The van der Waals surface area contributed by atoms with E-state index < -0.39 is 0 Å². The van der Waals surface area contributed by atoms with Crippen molar-refractivity contribution in [1.82, 2.24) is 5.32 Å². The molecule has 0 saturated heterocycles. The molecule has 0 aliphatic rings. The van der Waals surface area contributed by atoms with Crippen LogP contribution < -0.4 is 5.32 Å². The Balaban J connectivity index is 2.08. The van der Waals surface area contributed by atoms with E-state index in [-0.39, 0.29) is 18.5 Å². The Hall–Kier alpha value is -0.750. The maximum absolute atomic E-state index is 13.0. The summed E-state index contributed by atoms with van der Waals surface area (Å²) in [5.74, 6) is -0.291. The number of nitrogens with one attached hydrogen (secondary N) is 1. The van der Waals surface area contributed by atoms with Gasteiger partial charge in [-0.05, 0) is 29.1 Å². The van der Waals surface area contributed by atoms with Crippen LogP contribution in [0, 0.1) is 5.82 Å². The Labute approximate surface area is 118 Å². The minimum Gasteiger partial charge on any atom is -0.394 e. The summed E-state index contributed by atoms with van der Waals surface area (Å²) in [4.78, 5) is 1.20. The Morgan fingerprint density at radius 3 is 2.83 bits per heavy atom. The Kier molecular flexibility index (Phi) is 4.88. The number of hydrogen-bond donors (Lipinski definition) is 2. The molecule has 0 bridgehead atoms. The number of aliphatic hydroxyl groups excluding tert-OH is 1. The first kappa shape index (κ1) is 13.7. The quantitative estimate of drug-likeness (QED) is 0.880. The second-order valence-electron chi connectivity index (χ2n) is 3.86. The van der Waals surface area contributed by atoms with Crippen molar-refractivity contribution >= 4 is 27.3 Å². The SMILES string of the molecule is OCC(NCc1cccs1)c1ccc(F)cc1Br. The molecule has 1 atom stereocenters. The lowest BCUT2D eigenvalue weighted by molar-refractivity contribution is 0.243. The maximum Gasteiger partial charge on any atom is 0.124 e. The van der Waals surface area contributed by atoms with Gasteiger partial charge in [-0.25, -0.2) is 4.39 Å². The van der Waals surface area contributed by atoms with Gasteiger partial charge in [0.25, 0.3) is 0 Å². The van der Waals surface area contributed by atoms with Gasteiger partial charge >= 0.3 is 0 Å². The van der Waals surface area contributed by atoms with Crippen molar-refractivity contribution in [1.29, 1.82) is 0 Å². The Bertz CT molecular complexity index is 504. The van der Waals surface area contributed by atoms with Crippen LogP contribution in [0.4, 0.5) is 4.39 Å². The molecule has 2 N–H and O–H groups in total. The standard InChI is InChI=1S/C13H13BrFNOS/c14-12-6-9(15)3-4-11(12)13(8-17)16-7-10-2-1-5-18-10/h1-6,13,16-17H,7-8H2. The zero-order valence-corrected chi connectivity index (χ0v) is 12.0. The van der Waals surface area contributed by atoms with E-state index in [1.807, 2.05) is 17.5 Å². The third kappa shape index (κ3) is 3.38. The summed E-state index contributed by atoms with van der Waals surface area (Å²) in [6.45, 7) is 0.655. The average Bonchev–Trinajstić information content (AvgIpc) is 2.85. The molecule has 1 aromatic carbocycles. The van der Waals surface area contributed by atoms with E-state index in [9.17, 15) is 9.50 Å². The van der Waals surface area contributed by atoms with Crippen molar-refractivity contribution in [2.75, 3.05) is 6.61 Å². The van der Waals surface area contributed by atoms with Crippen molar-refractivity contribution in [3.8, 4) is 0 Å². The van der Waals surface area contributed by atoms with Crippen LogP contribution in [0.2, 0.25) is 0 Å². The zero-order valence-electron chi connectivity index (χ0n) is 9.57. The van der Waals surface area contributed by atoms with E-state index in [1.54, 1.807) is 17.4 Å². The molecule has 1 heterocycles. The number of thiophene rings is 1. The van der Waals surface area contributed by atoms with E-state index in [2.05, 4.69) is 21.2 Å². The van der Waals surface area contributed by atoms with Gasteiger partial charge in [0.15, 0.2) is 0 Å². The molecule has 0 amide bonds. The minimum absolute atomic E-state index is 0.0321. The van der Waals surface area contributed by atoms with Gasteiger partial charge in [-0.15, -0.1) is 11.3 Å². The first-order valence-electron chi connectivity index (χ1n) is 5.52. The summed E-state index contributed by atoms with van der Waals surface area (Å²) >= 11 is 4.98. The Morgan fingerprint density at radius 2 is 2.22 bits per heavy atom. The topological polar surface area (TPSA) is 32.3 Å². The van der Waals surface area contributed by atoms with Crippen molar-refractivity contribution in [3.05, 3.63) is 56.4 Å². The summed E-state index contributed by atoms with van der Waals surface area (Å²) in [7, 11) is 0. The van der Waals surface area contributed by atoms with Gasteiger partial charge in [-0.3, -0.25) is 0 Å². The molecule has 1 unspecified atom stereocenters. The van der Waals surface area contributed by atoms with Crippen molar-refractivity contribution in [3.63, 3.8) is 0 Å². The first-order valence-corrected chi connectivity index (χ1v) is 7.19. The second kappa shape index (κ2) is 6.43. The van der Waals surface area contributed by atoms with Gasteiger partial charge in [0.2, 0.25) is 0 Å². The smallest absolute Gasteiger partial charge is 0.124 e. The largest absolute Gasteiger partial charge is 0.394 e. The molecule has 18 heavy (non-hydrogen) atoms. The fourth-order valence-electron chi connectivity index (χ4n) is 1.69. The van der Waals surface area contributed by atoms with Gasteiger partial charge in [-0.1, -0.05) is 28.1 Å². The van der Waals surface area contributed by atoms with Gasteiger partial charge in [0.05, 0.1) is 12.6 Å². The van der Waals surface area contributed by atoms with E-state index in [0.29, 0.717) is 11.0 Å². The number of hydrogen-bond acceptors (Lipinski definition) is 3. The van der Waals surface area contributed by atoms with E-state index >= 15 is 0 Å². The molecule has 0 aliphatic heterocycles. The third-order valence-corrected chi connectivity index (χ3v) is 4.19. The maximum atomic E-state index is 13.0. The highest BCUT2D eigenvalue weighted by molar-refractivity contribution is 9.10. The van der Waals surface area contributed by atoms with Crippen molar-refractivity contribution in [2.45, 2.75) is 12.6 Å². The third-order valence-electron chi connectivity index (χ3n) is 2.62. The van der Waals surface area contributed by atoms with Crippen LogP contribution in [0.3, 0.4) is 0 Å². The highest BCUT2D eigenvalue weighted by Gasteiger charge is 2.13. The van der Waals surface area contributed by atoms with Crippen LogP contribution in [0.1, 0.15) is 16.5 Å². The van der Waals surface area contributed by atoms with E-state index in [4.69, 9.17) is 0 Å². The number of halogens is 2. The molecule has 2 aromatic rings. The van der Waals surface area contributed by atoms with E-state index in [0.717, 1.165) is 5.56 Å². The monoisotopic (exact) mass is 329 g/mol. The predicted octanol–water partition coefficient (Wildman–Crippen LogP) is 3.47. The van der Waals surface area contributed by atoms with Gasteiger partial charge in [0, 0.05) is 15.9 Å². The van der Waals surface area contributed by atoms with Gasteiger partial charge in [0.1, 0.15) is 5.82 Å². The minimum atomic E-state index is -0.291. The molecule has 2 nitrogen and oxygen atoms in total. The van der Waals surface area contributed by atoms with Crippen LogP contribution >= 0.6 is 27.3 Å². The molecule has 0 saturated carbocycles. The normalized spacial score (nSPS) is 12.6. The summed E-state index contributed by atoms with van der Waals surface area (Å²) in [5, 5.41) is 14.7. The van der Waals surface area contributed by atoms with Crippen LogP contribution in [-0.4, -0.2) is 11.7 Å². The molecular formula is C13H13BrFNOS. The fraction of sp³-hybridized carbons (Fsp3) is 0.231. The molecular weight excluding hydrogens is 317 g/mol. The lowest BCUT2D eigenvalue weighted by Gasteiger charge is -2.17. The molecule has 5 heteroatoms. The van der Waals surface area contributed by atoms with Crippen LogP contribution in [-0.2, 0) is 6.54 Å². The lowest BCUT2D eigenvalue weighted by atomic mass is 10.1. The van der Waals surface area contributed by atoms with Crippen LogP contribution in [0.25, 0.3) is 0 Å². The summed E-state index contributed by atoms with van der Waals surface area (Å²) in [5.41, 5.74) is 0.857. The molecule has 0 radical (unpaired) electrons. The predicted molar refractivity (Wildman–Crippen MR) is 75.1 cm³/mol. The first-order chi connectivity index (χ1) is 8.70. The number of aliphatic hydroxyl groups is 1. The van der Waals surface area contributed by atoms with Gasteiger partial charge < -0.3 is 10.4 Å². The van der Waals surface area contributed by atoms with Crippen LogP contribution in [0.15, 0.2) is 40.2 Å². The van der Waals surface area contributed by atoms with Crippen LogP contribution in [0.5, 0.6) is 0 Å². The van der Waals surface area contributed by atoms with Crippen molar-refractivity contribution < 1.29 is 9.50 Å². The second-order valence-corrected chi connectivity index (χ2v) is 5.75. The lowest BCUT2D eigenvalue weighted by Crippen LogP contribution is -2.24. The summed E-state index contributed by atoms with van der Waals surface area (Å²) in [6.07, 6.45) is 0. The summed E-state index contributed by atoms with van der Waals surface area (Å²) in [6, 6.07) is 8.30.